The molecule has 4 nitrogen and oxygen atoms in total. The molecular formula is C24H32N4. The van der Waals surface area contributed by atoms with E-state index in [0.717, 1.165) is 38.6 Å². The van der Waals surface area contributed by atoms with Crippen LogP contribution in [0.15, 0.2) is 35.7 Å². The number of aromatic amines is 1. The second-order valence-corrected chi connectivity index (χ2v) is 8.05. The largest absolute Gasteiger partial charge is 0.361 e. The molecule has 1 aliphatic carbocycles. The second-order valence-electron chi connectivity index (χ2n) is 8.05. The molecule has 1 N–H and O–H groups in total. The van der Waals surface area contributed by atoms with Crippen LogP contribution in [0.1, 0.15) is 50.5 Å². The molecule has 4 rings (SSSR count). The van der Waals surface area contributed by atoms with Crippen LogP contribution in [-0.4, -0.2) is 39.6 Å². The molecule has 0 saturated heterocycles. The molecule has 0 amide bonds. The van der Waals surface area contributed by atoms with E-state index in [1.165, 1.54) is 52.6 Å². The predicted molar refractivity (Wildman–Crippen MR) is 117 cm³/mol. The van der Waals surface area contributed by atoms with Crippen LogP contribution in [0.2, 0.25) is 0 Å². The third-order valence-electron chi connectivity index (χ3n) is 5.79. The van der Waals surface area contributed by atoms with E-state index < -0.39 is 0 Å². The lowest BCUT2D eigenvalue weighted by molar-refractivity contribution is 0.331. The summed E-state index contributed by atoms with van der Waals surface area (Å²) in [5, 5.41) is 2.54. The number of nitrogens with zero attached hydrogens (tertiary/aromatic N) is 3. The zero-order valence-corrected chi connectivity index (χ0v) is 17.2. The van der Waals surface area contributed by atoms with Crippen LogP contribution in [0, 0.1) is 0 Å². The molecule has 1 aliphatic heterocycles. The highest BCUT2D eigenvalue weighted by atomic mass is 15.1. The lowest BCUT2D eigenvalue weighted by Crippen LogP contribution is -2.23. The van der Waals surface area contributed by atoms with Crippen molar-refractivity contribution in [3.63, 3.8) is 0 Å². The lowest BCUT2D eigenvalue weighted by atomic mass is 9.96. The van der Waals surface area contributed by atoms with Crippen molar-refractivity contribution in [1.82, 2.24) is 19.4 Å². The Bertz CT molecular complexity index is 986. The Morgan fingerprint density at radius 2 is 2.07 bits per heavy atom. The van der Waals surface area contributed by atoms with Crippen LogP contribution < -0.4 is 10.6 Å². The molecule has 3 heterocycles. The van der Waals surface area contributed by atoms with Gasteiger partial charge in [-0.3, -0.25) is 0 Å². The summed E-state index contributed by atoms with van der Waals surface area (Å²) in [5.41, 5.74) is 4.01. The van der Waals surface area contributed by atoms with Crippen molar-refractivity contribution in [2.24, 2.45) is 0 Å². The molecule has 148 valence electrons. The summed E-state index contributed by atoms with van der Waals surface area (Å²) >= 11 is 0. The summed E-state index contributed by atoms with van der Waals surface area (Å²) in [6.45, 7) is 4.51. The number of likely N-dealkylation sites (N-methyl/N-ethyl adjacent to an activating group) is 1. The maximum Gasteiger partial charge on any atom is 0.113 e. The number of fused-ring (bicyclic) bond motifs is 2. The first-order valence-electron chi connectivity index (χ1n) is 10.7. The third kappa shape index (κ3) is 4.39. The Morgan fingerprint density at radius 1 is 1.18 bits per heavy atom. The van der Waals surface area contributed by atoms with Crippen molar-refractivity contribution >= 4 is 18.4 Å². The Kier molecular flexibility index (Phi) is 5.96. The second kappa shape index (κ2) is 8.78. The van der Waals surface area contributed by atoms with Crippen LogP contribution in [0.5, 0.6) is 0 Å². The van der Waals surface area contributed by atoms with Crippen LogP contribution >= 0.6 is 0 Å². The lowest BCUT2D eigenvalue weighted by Gasteiger charge is -2.16. The molecular weight excluding hydrogens is 344 g/mol. The molecule has 0 bridgehead atoms. The van der Waals surface area contributed by atoms with Crippen molar-refractivity contribution < 1.29 is 0 Å². The number of hydrogen-bond donors (Lipinski definition) is 1. The molecule has 0 radical (unpaired) electrons. The number of unbranched alkanes of at least 4 members (excludes halogenated alkanes) is 1. The highest BCUT2D eigenvalue weighted by Crippen LogP contribution is 2.26. The van der Waals surface area contributed by atoms with Crippen molar-refractivity contribution in [3.05, 3.63) is 57.8 Å². The maximum atomic E-state index is 4.90. The number of imidazole rings is 1. The average molecular weight is 377 g/mol. The van der Waals surface area contributed by atoms with E-state index in [1.54, 1.807) is 0 Å². The van der Waals surface area contributed by atoms with Crippen molar-refractivity contribution in [2.75, 3.05) is 20.1 Å². The number of allylic oxidation sites excluding steroid dienone is 3. The molecule has 28 heavy (non-hydrogen) atoms. The van der Waals surface area contributed by atoms with E-state index in [1.807, 2.05) is 6.20 Å². The quantitative estimate of drug-likeness (QED) is 0.805. The molecule has 0 atom stereocenters. The van der Waals surface area contributed by atoms with Crippen molar-refractivity contribution in [3.8, 4) is 0 Å². The van der Waals surface area contributed by atoms with E-state index >= 15 is 0 Å². The molecule has 0 spiro atoms. The summed E-state index contributed by atoms with van der Waals surface area (Å²) < 4.78 is 2.26. The summed E-state index contributed by atoms with van der Waals surface area (Å²) in [7, 11) is 2.22. The zero-order valence-electron chi connectivity index (χ0n) is 17.2. The summed E-state index contributed by atoms with van der Waals surface area (Å²) in [4.78, 5) is 10.7. The van der Waals surface area contributed by atoms with Gasteiger partial charge < -0.3 is 14.5 Å². The minimum Gasteiger partial charge on any atom is -0.361 e. The van der Waals surface area contributed by atoms with Crippen LogP contribution in [-0.2, 0) is 12.8 Å². The number of aromatic nitrogens is 3. The van der Waals surface area contributed by atoms with Gasteiger partial charge in [-0.25, -0.2) is 4.98 Å². The van der Waals surface area contributed by atoms with Gasteiger partial charge in [-0.05, 0) is 67.8 Å². The van der Waals surface area contributed by atoms with Gasteiger partial charge >= 0.3 is 0 Å². The van der Waals surface area contributed by atoms with E-state index in [-0.39, 0.29) is 0 Å². The average Bonchev–Trinajstić information content (AvgIpc) is 3.29. The fraction of sp³-hybridized carbons (Fsp3) is 0.458. The SMILES string of the molecule is CCCCN(C)CCc1cn2c(n1)CCC(C1=C/CCC=c3[nH]cc\c3=C\1)=C2. The minimum absolute atomic E-state index is 1.02. The molecule has 4 heteroatoms. The van der Waals surface area contributed by atoms with Crippen molar-refractivity contribution in [2.45, 2.75) is 51.9 Å². The van der Waals surface area contributed by atoms with Gasteiger partial charge in [0.15, 0.2) is 0 Å². The van der Waals surface area contributed by atoms with Crippen LogP contribution in [0.4, 0.5) is 0 Å². The number of H-pyrrole nitrogens is 1. The zero-order chi connectivity index (χ0) is 19.3. The summed E-state index contributed by atoms with van der Waals surface area (Å²) in [6.07, 6.45) is 21.4. The van der Waals surface area contributed by atoms with Gasteiger partial charge in [0.1, 0.15) is 5.82 Å². The van der Waals surface area contributed by atoms with Gasteiger partial charge in [-0.2, -0.15) is 0 Å². The topological polar surface area (TPSA) is 36.9 Å². The molecule has 2 aromatic rings. The first-order chi connectivity index (χ1) is 13.7. The number of nitrogens with one attached hydrogen (secondary N) is 1. The Morgan fingerprint density at radius 3 is 2.96 bits per heavy atom. The minimum atomic E-state index is 1.02. The van der Waals surface area contributed by atoms with Gasteiger partial charge in [0.05, 0.1) is 5.69 Å². The molecule has 0 unspecified atom stereocenters. The van der Waals surface area contributed by atoms with E-state index in [2.05, 4.69) is 65.1 Å². The van der Waals surface area contributed by atoms with Gasteiger partial charge in [0.2, 0.25) is 0 Å². The normalized spacial score (nSPS) is 19.3. The van der Waals surface area contributed by atoms with E-state index in [4.69, 9.17) is 4.98 Å². The van der Waals surface area contributed by atoms with E-state index in [0.29, 0.717) is 0 Å². The monoisotopic (exact) mass is 376 g/mol. The first kappa shape index (κ1) is 19.0. The fourth-order valence-corrected chi connectivity index (χ4v) is 4.06. The number of aryl methyl sites for hydroxylation is 1. The van der Waals surface area contributed by atoms with Gasteiger partial charge in [-0.15, -0.1) is 0 Å². The maximum absolute atomic E-state index is 4.90. The highest BCUT2D eigenvalue weighted by molar-refractivity contribution is 5.64. The van der Waals surface area contributed by atoms with E-state index in [9.17, 15) is 0 Å². The molecule has 2 aromatic heterocycles. The Labute approximate surface area is 168 Å². The third-order valence-corrected chi connectivity index (χ3v) is 5.79. The standard InChI is InChI=1S/C24H32N4/c1-3-4-14-27(2)15-12-22-18-28-17-21(9-10-24(28)26-22)19-7-5-6-8-23-20(16-19)11-13-25-23/h7-8,11,13,16-18,25H,3-6,9-10,12,14-15H2,1-2H3/b19-7+,20-16-,23-8?. The highest BCUT2D eigenvalue weighted by Gasteiger charge is 2.16. The molecule has 2 aliphatic rings. The van der Waals surface area contributed by atoms with Gasteiger partial charge in [-0.1, -0.05) is 25.5 Å². The van der Waals surface area contributed by atoms with Gasteiger partial charge in [0, 0.05) is 43.3 Å². The predicted octanol–water partition coefficient (Wildman–Crippen LogP) is 3.25. The van der Waals surface area contributed by atoms with Crippen LogP contribution in [0.3, 0.4) is 0 Å². The molecule has 0 saturated carbocycles. The van der Waals surface area contributed by atoms with Crippen LogP contribution in [0.25, 0.3) is 18.4 Å². The first-order valence-corrected chi connectivity index (χ1v) is 10.7. The molecule has 0 aromatic carbocycles. The Hall–Kier alpha value is -2.33. The smallest absolute Gasteiger partial charge is 0.113 e. The van der Waals surface area contributed by atoms with Crippen molar-refractivity contribution in [1.29, 1.82) is 0 Å². The Balaban J connectivity index is 1.51. The summed E-state index contributed by atoms with van der Waals surface area (Å²) in [5.74, 6) is 1.21. The van der Waals surface area contributed by atoms with Gasteiger partial charge in [0.25, 0.3) is 0 Å². The number of hydrogen-bond acceptors (Lipinski definition) is 2. The summed E-state index contributed by atoms with van der Waals surface area (Å²) in [6, 6.07) is 2.17. The fourth-order valence-electron chi connectivity index (χ4n) is 4.06. The number of rotatable bonds is 7. The molecule has 0 fully saturated rings.